The molecule has 0 N–H and O–H groups in total. The van der Waals surface area contributed by atoms with Gasteiger partial charge in [-0.1, -0.05) is 178 Å². The van der Waals surface area contributed by atoms with E-state index in [0.29, 0.717) is 0 Å². The maximum atomic E-state index is 2.51. The topological polar surface area (TPSA) is 3.24 Å². The molecule has 7 aromatic carbocycles. The van der Waals surface area contributed by atoms with Crippen LogP contribution in [-0.4, -0.2) is 0 Å². The molecular formula is C63H67N. The van der Waals surface area contributed by atoms with E-state index < -0.39 is 0 Å². The Morgan fingerprint density at radius 2 is 1.05 bits per heavy atom. The summed E-state index contributed by atoms with van der Waals surface area (Å²) < 4.78 is 0. The van der Waals surface area contributed by atoms with Gasteiger partial charge in [-0.2, -0.15) is 0 Å². The number of benzene rings is 7. The van der Waals surface area contributed by atoms with Gasteiger partial charge in [-0.05, 0) is 181 Å². The largest absolute Gasteiger partial charge is 0.310 e. The lowest BCUT2D eigenvalue weighted by molar-refractivity contribution is 0.443. The van der Waals surface area contributed by atoms with Gasteiger partial charge in [-0.25, -0.2) is 0 Å². The standard InChI is InChI=1S/C63H67N/c1-61(2,3)50-36-49(37-51(40-50)62(4,5)6)45-29-31-52(32-30-45)64(54-33-34-57-56-23-14-15-24-59(56)63(7,8)60(57)41-54)53-21-16-20-47(38-53)58-39-48(35-46-19-12-13-22-55(46)58)44-27-25-43(26-28-44)42-17-10-9-11-18-42/h14-16,20-21,23-42H,9-13,17-19,22H2,1-8H3. The van der Waals surface area contributed by atoms with E-state index >= 15 is 0 Å². The Balaban J connectivity index is 1.08. The van der Waals surface area contributed by atoms with E-state index in [1.807, 2.05) is 0 Å². The Kier molecular flexibility index (Phi) is 10.8. The van der Waals surface area contributed by atoms with Crippen LogP contribution < -0.4 is 4.90 Å². The minimum atomic E-state index is -0.101. The molecule has 0 saturated heterocycles. The number of hydrogen-bond acceptors (Lipinski definition) is 1. The third-order valence-corrected chi connectivity index (χ3v) is 15.2. The normalized spacial score (nSPS) is 15.9. The van der Waals surface area contributed by atoms with E-state index in [1.54, 1.807) is 0 Å². The van der Waals surface area contributed by atoms with Crippen molar-refractivity contribution in [2.45, 2.75) is 135 Å². The van der Waals surface area contributed by atoms with Crippen molar-refractivity contribution in [1.29, 1.82) is 0 Å². The van der Waals surface area contributed by atoms with Gasteiger partial charge in [0.2, 0.25) is 0 Å². The van der Waals surface area contributed by atoms with Crippen molar-refractivity contribution in [3.05, 3.63) is 185 Å². The van der Waals surface area contributed by atoms with Crippen LogP contribution in [0.1, 0.15) is 145 Å². The molecule has 0 spiro atoms. The number of rotatable bonds is 7. The zero-order valence-electron chi connectivity index (χ0n) is 39.7. The number of anilines is 3. The third-order valence-electron chi connectivity index (χ3n) is 15.2. The molecule has 3 aliphatic carbocycles. The first kappa shape index (κ1) is 42.3. The molecule has 0 aliphatic heterocycles. The number of hydrogen-bond donors (Lipinski definition) is 0. The Morgan fingerprint density at radius 3 is 1.75 bits per heavy atom. The highest BCUT2D eigenvalue weighted by Gasteiger charge is 2.36. The van der Waals surface area contributed by atoms with Gasteiger partial charge in [-0.15, -0.1) is 0 Å². The lowest BCUT2D eigenvalue weighted by Crippen LogP contribution is -2.16. The molecule has 324 valence electrons. The molecule has 0 heterocycles. The minimum absolute atomic E-state index is 0.0523. The van der Waals surface area contributed by atoms with E-state index in [0.717, 1.165) is 24.4 Å². The molecule has 0 aromatic heterocycles. The zero-order chi connectivity index (χ0) is 44.4. The van der Waals surface area contributed by atoms with Crippen LogP contribution in [0.15, 0.2) is 146 Å². The Hall–Kier alpha value is -5.66. The lowest BCUT2D eigenvalue weighted by atomic mass is 9.79. The summed E-state index contributed by atoms with van der Waals surface area (Å²) in [7, 11) is 0. The molecule has 0 atom stereocenters. The Morgan fingerprint density at radius 1 is 0.438 bits per heavy atom. The van der Waals surface area contributed by atoms with Crippen molar-refractivity contribution in [1.82, 2.24) is 0 Å². The quantitative estimate of drug-likeness (QED) is 0.155. The molecule has 0 unspecified atom stereocenters. The molecule has 10 rings (SSSR count). The first-order valence-electron chi connectivity index (χ1n) is 24.4. The maximum absolute atomic E-state index is 2.51. The van der Waals surface area contributed by atoms with E-state index in [4.69, 9.17) is 0 Å². The summed E-state index contributed by atoms with van der Waals surface area (Å²) in [5.74, 6) is 0.719. The van der Waals surface area contributed by atoms with Crippen LogP contribution in [0, 0.1) is 0 Å². The first-order chi connectivity index (χ1) is 30.7. The van der Waals surface area contributed by atoms with Crippen LogP contribution in [0.5, 0.6) is 0 Å². The molecule has 1 nitrogen and oxygen atoms in total. The second kappa shape index (κ2) is 16.4. The van der Waals surface area contributed by atoms with Crippen LogP contribution in [0.25, 0.3) is 44.5 Å². The van der Waals surface area contributed by atoms with Crippen molar-refractivity contribution in [2.24, 2.45) is 0 Å². The van der Waals surface area contributed by atoms with Crippen LogP contribution in [0.3, 0.4) is 0 Å². The zero-order valence-corrected chi connectivity index (χ0v) is 39.7. The molecule has 7 aromatic rings. The van der Waals surface area contributed by atoms with Gasteiger partial charge in [-0.3, -0.25) is 0 Å². The van der Waals surface area contributed by atoms with Gasteiger partial charge < -0.3 is 4.90 Å². The summed E-state index contributed by atoms with van der Waals surface area (Å²) in [6.07, 6.45) is 11.6. The molecule has 64 heavy (non-hydrogen) atoms. The fourth-order valence-electron chi connectivity index (χ4n) is 11.2. The third kappa shape index (κ3) is 7.95. The van der Waals surface area contributed by atoms with E-state index in [-0.39, 0.29) is 16.2 Å². The van der Waals surface area contributed by atoms with Gasteiger partial charge in [0.15, 0.2) is 0 Å². The van der Waals surface area contributed by atoms with Crippen LogP contribution in [0.2, 0.25) is 0 Å². The lowest BCUT2D eigenvalue weighted by Gasteiger charge is -2.29. The van der Waals surface area contributed by atoms with Crippen LogP contribution >= 0.6 is 0 Å². The van der Waals surface area contributed by atoms with Crippen molar-refractivity contribution in [2.75, 3.05) is 4.90 Å². The van der Waals surface area contributed by atoms with Gasteiger partial charge in [0, 0.05) is 22.5 Å². The van der Waals surface area contributed by atoms with Crippen molar-refractivity contribution >= 4 is 17.1 Å². The number of nitrogens with zero attached hydrogens (tertiary/aromatic N) is 1. The average molecular weight is 838 g/mol. The Labute approximate surface area is 384 Å². The SMILES string of the molecule is CC(C)(C)c1cc(-c2ccc(N(c3cccc(-c4cc(-c5ccc(C6CCCCC6)cc5)cc5c4CCCC5)c3)c3ccc4c(c3)C(C)(C)c3ccccc3-4)cc2)cc(C(C)(C)C)c1. The van der Waals surface area contributed by atoms with E-state index in [1.165, 1.54) is 140 Å². The Bertz CT molecular complexity index is 2800. The molecule has 0 amide bonds. The van der Waals surface area contributed by atoms with Crippen molar-refractivity contribution in [3.63, 3.8) is 0 Å². The summed E-state index contributed by atoms with van der Waals surface area (Å²) in [6, 6.07) is 56.8. The first-order valence-corrected chi connectivity index (χ1v) is 24.4. The van der Waals surface area contributed by atoms with Gasteiger partial charge in [0.05, 0.1) is 0 Å². The van der Waals surface area contributed by atoms with E-state index in [9.17, 15) is 0 Å². The second-order valence-electron chi connectivity index (χ2n) is 22.0. The molecule has 1 fully saturated rings. The van der Waals surface area contributed by atoms with Gasteiger partial charge >= 0.3 is 0 Å². The minimum Gasteiger partial charge on any atom is -0.310 e. The molecule has 1 heteroatoms. The highest BCUT2D eigenvalue weighted by atomic mass is 15.1. The highest BCUT2D eigenvalue weighted by Crippen LogP contribution is 2.51. The predicted octanol–water partition coefficient (Wildman–Crippen LogP) is 18.0. The van der Waals surface area contributed by atoms with Gasteiger partial charge in [0.25, 0.3) is 0 Å². The maximum Gasteiger partial charge on any atom is 0.0467 e. The molecule has 0 radical (unpaired) electrons. The number of fused-ring (bicyclic) bond motifs is 4. The number of aryl methyl sites for hydroxylation is 1. The summed E-state index contributed by atoms with van der Waals surface area (Å²) in [5.41, 5.74) is 24.2. The summed E-state index contributed by atoms with van der Waals surface area (Å²) in [5, 5.41) is 0. The fourth-order valence-corrected chi connectivity index (χ4v) is 11.2. The van der Waals surface area contributed by atoms with Gasteiger partial charge in [0.1, 0.15) is 0 Å². The molecule has 3 aliphatic rings. The van der Waals surface area contributed by atoms with E-state index in [2.05, 4.69) is 206 Å². The van der Waals surface area contributed by atoms with Crippen LogP contribution in [0.4, 0.5) is 17.1 Å². The van der Waals surface area contributed by atoms with Crippen LogP contribution in [-0.2, 0) is 29.1 Å². The predicted molar refractivity (Wildman–Crippen MR) is 275 cm³/mol. The smallest absolute Gasteiger partial charge is 0.0467 e. The van der Waals surface area contributed by atoms with Crippen molar-refractivity contribution in [3.8, 4) is 44.5 Å². The summed E-state index contributed by atoms with van der Waals surface area (Å²) in [4.78, 5) is 2.50. The second-order valence-corrected chi connectivity index (χ2v) is 22.0. The molecule has 1 saturated carbocycles. The molecular weight excluding hydrogens is 771 g/mol. The van der Waals surface area contributed by atoms with Crippen molar-refractivity contribution < 1.29 is 0 Å². The fraction of sp³-hybridized carbons (Fsp3) is 0.333. The molecule has 0 bridgehead atoms. The highest BCUT2D eigenvalue weighted by molar-refractivity contribution is 5.88. The monoisotopic (exact) mass is 838 g/mol. The summed E-state index contributed by atoms with van der Waals surface area (Å²) in [6.45, 7) is 18.7. The summed E-state index contributed by atoms with van der Waals surface area (Å²) >= 11 is 0. The average Bonchev–Trinajstić information content (AvgIpc) is 3.54.